The van der Waals surface area contributed by atoms with Crippen LogP contribution in [0.2, 0.25) is 0 Å². The first-order chi connectivity index (χ1) is 16.5. The standard InChI is InChI=1S/C24H21FN2O7/c25-18-10-16(22-17(11-18)14-33-24(34-22)15-4-2-1-3-5-15)13-32-23(29)20-12-19(27(30)31)6-7-21(20)26-8-9-28/h1-7,10-12,24,26,28H,8-9,13-14H2. The molecule has 0 amide bonds. The molecule has 1 heterocycles. The van der Waals surface area contributed by atoms with Crippen molar-refractivity contribution >= 4 is 17.3 Å². The summed E-state index contributed by atoms with van der Waals surface area (Å²) in [5, 5.41) is 23.0. The van der Waals surface area contributed by atoms with Crippen molar-refractivity contribution in [2.45, 2.75) is 19.5 Å². The highest BCUT2D eigenvalue weighted by Gasteiger charge is 2.26. The normalized spacial score (nSPS) is 14.6. The van der Waals surface area contributed by atoms with Crippen molar-refractivity contribution in [2.24, 2.45) is 0 Å². The third-order valence-corrected chi connectivity index (χ3v) is 5.11. The van der Waals surface area contributed by atoms with Gasteiger partial charge in [0.15, 0.2) is 0 Å². The number of nitrogens with zero attached hydrogens (tertiary/aromatic N) is 1. The van der Waals surface area contributed by atoms with Crippen LogP contribution >= 0.6 is 0 Å². The number of aliphatic hydroxyl groups excluding tert-OH is 1. The van der Waals surface area contributed by atoms with E-state index in [1.165, 1.54) is 24.3 Å². The Kier molecular flexibility index (Phi) is 7.00. The summed E-state index contributed by atoms with van der Waals surface area (Å²) >= 11 is 0. The van der Waals surface area contributed by atoms with E-state index in [0.717, 1.165) is 11.6 Å². The number of anilines is 1. The van der Waals surface area contributed by atoms with Crippen LogP contribution in [-0.4, -0.2) is 29.2 Å². The summed E-state index contributed by atoms with van der Waals surface area (Å²) in [6, 6.07) is 15.4. The summed E-state index contributed by atoms with van der Waals surface area (Å²) in [6.45, 7) is -0.302. The van der Waals surface area contributed by atoms with Crippen molar-refractivity contribution in [3.05, 3.63) is 98.8 Å². The predicted molar refractivity (Wildman–Crippen MR) is 119 cm³/mol. The first kappa shape index (κ1) is 23.1. The van der Waals surface area contributed by atoms with Gasteiger partial charge < -0.3 is 24.6 Å². The van der Waals surface area contributed by atoms with E-state index in [4.69, 9.17) is 19.3 Å². The molecule has 0 spiro atoms. The van der Waals surface area contributed by atoms with E-state index in [2.05, 4.69) is 5.32 Å². The molecule has 3 aromatic rings. The van der Waals surface area contributed by atoms with Crippen LogP contribution in [0.3, 0.4) is 0 Å². The fourth-order valence-corrected chi connectivity index (χ4v) is 3.54. The summed E-state index contributed by atoms with van der Waals surface area (Å²) in [6.07, 6.45) is -0.709. The lowest BCUT2D eigenvalue weighted by Gasteiger charge is -2.28. The summed E-state index contributed by atoms with van der Waals surface area (Å²) in [4.78, 5) is 23.3. The number of hydrogen-bond donors (Lipinski definition) is 2. The number of carbonyl (C=O) groups is 1. The fourth-order valence-electron chi connectivity index (χ4n) is 3.54. The number of esters is 1. The van der Waals surface area contributed by atoms with Gasteiger partial charge in [-0.3, -0.25) is 10.1 Å². The molecule has 0 fully saturated rings. The molecule has 0 saturated heterocycles. The van der Waals surface area contributed by atoms with E-state index in [9.17, 15) is 19.3 Å². The summed E-state index contributed by atoms with van der Waals surface area (Å²) in [5.74, 6) is -1.04. The molecule has 0 saturated carbocycles. The number of halogens is 1. The maximum absolute atomic E-state index is 14.2. The Balaban J connectivity index is 1.56. The van der Waals surface area contributed by atoms with Gasteiger partial charge in [-0.05, 0) is 18.2 Å². The minimum atomic E-state index is -0.853. The van der Waals surface area contributed by atoms with Crippen molar-refractivity contribution in [3.63, 3.8) is 0 Å². The number of nitro benzene ring substituents is 1. The summed E-state index contributed by atoms with van der Waals surface area (Å²) in [7, 11) is 0. The Bertz CT molecular complexity index is 1200. The number of nitro groups is 1. The molecule has 0 aliphatic carbocycles. The maximum Gasteiger partial charge on any atom is 0.340 e. The largest absolute Gasteiger partial charge is 0.460 e. The van der Waals surface area contributed by atoms with Crippen LogP contribution < -0.4 is 10.1 Å². The lowest BCUT2D eigenvalue weighted by atomic mass is 10.1. The number of fused-ring (bicyclic) bond motifs is 1. The smallest absolute Gasteiger partial charge is 0.340 e. The van der Waals surface area contributed by atoms with E-state index in [1.54, 1.807) is 0 Å². The Morgan fingerprint density at radius 3 is 2.74 bits per heavy atom. The van der Waals surface area contributed by atoms with Gasteiger partial charge in [0.25, 0.3) is 5.69 Å². The number of rotatable bonds is 8. The molecular formula is C24H21FN2O7. The van der Waals surface area contributed by atoms with Crippen LogP contribution in [0.25, 0.3) is 0 Å². The van der Waals surface area contributed by atoms with Gasteiger partial charge in [-0.2, -0.15) is 0 Å². The topological polar surface area (TPSA) is 120 Å². The van der Waals surface area contributed by atoms with Gasteiger partial charge in [0.1, 0.15) is 18.2 Å². The van der Waals surface area contributed by atoms with Crippen LogP contribution in [-0.2, 0) is 22.7 Å². The molecule has 0 radical (unpaired) electrons. The average molecular weight is 468 g/mol. The second kappa shape index (κ2) is 10.3. The zero-order valence-corrected chi connectivity index (χ0v) is 17.9. The van der Waals surface area contributed by atoms with E-state index in [-0.39, 0.29) is 43.3 Å². The molecular weight excluding hydrogens is 447 g/mol. The monoisotopic (exact) mass is 468 g/mol. The van der Waals surface area contributed by atoms with E-state index in [0.29, 0.717) is 16.9 Å². The molecule has 176 valence electrons. The molecule has 1 atom stereocenters. The molecule has 1 aliphatic heterocycles. The maximum atomic E-state index is 14.2. The number of hydrogen-bond acceptors (Lipinski definition) is 8. The Labute approximate surface area is 193 Å². The second-order valence-electron chi connectivity index (χ2n) is 7.44. The first-order valence-corrected chi connectivity index (χ1v) is 10.4. The average Bonchev–Trinajstić information content (AvgIpc) is 2.85. The van der Waals surface area contributed by atoms with Crippen molar-refractivity contribution in [1.82, 2.24) is 0 Å². The van der Waals surface area contributed by atoms with Crippen molar-refractivity contribution in [1.29, 1.82) is 0 Å². The van der Waals surface area contributed by atoms with Gasteiger partial charge in [0.05, 0.1) is 23.7 Å². The lowest BCUT2D eigenvalue weighted by Crippen LogP contribution is -2.20. The zero-order valence-electron chi connectivity index (χ0n) is 17.9. The Morgan fingerprint density at radius 1 is 1.21 bits per heavy atom. The van der Waals surface area contributed by atoms with Gasteiger partial charge in [-0.15, -0.1) is 0 Å². The van der Waals surface area contributed by atoms with Crippen LogP contribution in [0.1, 0.15) is 33.3 Å². The van der Waals surface area contributed by atoms with Gasteiger partial charge in [0, 0.05) is 41.1 Å². The van der Waals surface area contributed by atoms with E-state index in [1.807, 2.05) is 30.3 Å². The lowest BCUT2D eigenvalue weighted by molar-refractivity contribution is -0.384. The predicted octanol–water partition coefficient (Wildman–Crippen LogP) is 4.10. The van der Waals surface area contributed by atoms with Crippen LogP contribution in [0.15, 0.2) is 60.7 Å². The molecule has 34 heavy (non-hydrogen) atoms. The highest BCUT2D eigenvalue weighted by Crippen LogP contribution is 2.37. The third kappa shape index (κ3) is 5.13. The summed E-state index contributed by atoms with van der Waals surface area (Å²) in [5.41, 5.74) is 1.42. The SMILES string of the molecule is O=C(OCc1cc(F)cc2c1OC(c1ccccc1)OC2)c1cc([N+](=O)[O-])ccc1NCCO. The molecule has 2 N–H and O–H groups in total. The molecule has 10 heteroatoms. The number of benzene rings is 3. The number of nitrogens with one attached hydrogen (secondary N) is 1. The van der Waals surface area contributed by atoms with Gasteiger partial charge in [-0.1, -0.05) is 30.3 Å². The van der Waals surface area contributed by atoms with Crippen molar-refractivity contribution < 1.29 is 33.4 Å². The third-order valence-electron chi connectivity index (χ3n) is 5.11. The van der Waals surface area contributed by atoms with Gasteiger partial charge >= 0.3 is 5.97 Å². The Morgan fingerprint density at radius 2 is 2.00 bits per heavy atom. The van der Waals surface area contributed by atoms with Crippen molar-refractivity contribution in [2.75, 3.05) is 18.5 Å². The molecule has 9 nitrogen and oxygen atoms in total. The quantitative estimate of drug-likeness (QED) is 0.288. The molecule has 1 unspecified atom stereocenters. The fraction of sp³-hybridized carbons (Fsp3) is 0.208. The van der Waals surface area contributed by atoms with Gasteiger partial charge in [-0.25, -0.2) is 9.18 Å². The number of carbonyl (C=O) groups excluding carboxylic acids is 1. The van der Waals surface area contributed by atoms with E-state index >= 15 is 0 Å². The molecule has 3 aromatic carbocycles. The zero-order chi connectivity index (χ0) is 24.1. The van der Waals surface area contributed by atoms with E-state index < -0.39 is 23.0 Å². The second-order valence-corrected chi connectivity index (χ2v) is 7.44. The Hall–Kier alpha value is -4.02. The van der Waals surface area contributed by atoms with Crippen molar-refractivity contribution in [3.8, 4) is 5.75 Å². The molecule has 0 aromatic heterocycles. The minimum Gasteiger partial charge on any atom is -0.460 e. The van der Waals surface area contributed by atoms with Gasteiger partial charge in [0.2, 0.25) is 6.29 Å². The molecule has 4 rings (SSSR count). The molecule has 0 bridgehead atoms. The number of non-ortho nitro benzene ring substituents is 1. The van der Waals surface area contributed by atoms with Crippen LogP contribution in [0.5, 0.6) is 5.75 Å². The number of ether oxygens (including phenoxy) is 3. The minimum absolute atomic E-state index is 0.0839. The summed E-state index contributed by atoms with van der Waals surface area (Å²) < 4.78 is 31.2. The number of aliphatic hydroxyl groups is 1. The van der Waals surface area contributed by atoms with Crippen LogP contribution in [0.4, 0.5) is 15.8 Å². The first-order valence-electron chi connectivity index (χ1n) is 10.4. The highest BCUT2D eigenvalue weighted by atomic mass is 19.1. The van der Waals surface area contributed by atoms with Crippen LogP contribution in [0, 0.1) is 15.9 Å². The highest BCUT2D eigenvalue weighted by molar-refractivity contribution is 5.96. The molecule has 1 aliphatic rings.